The number of methoxy groups -OCH3 is 1. The second kappa shape index (κ2) is 7.90. The molecule has 0 spiro atoms. The molecule has 1 fully saturated rings. The van der Waals surface area contributed by atoms with Crippen LogP contribution in [-0.2, 0) is 14.4 Å². The molecular weight excluding hydrogens is 346 g/mol. The lowest BCUT2D eigenvalue weighted by atomic mass is 10.1. The van der Waals surface area contributed by atoms with Crippen molar-refractivity contribution in [3.05, 3.63) is 48.5 Å². The summed E-state index contributed by atoms with van der Waals surface area (Å²) in [5, 5.41) is 5.52. The molecule has 0 aromatic heterocycles. The van der Waals surface area contributed by atoms with Crippen molar-refractivity contribution in [1.82, 2.24) is 0 Å². The number of ether oxygens (including phenoxy) is 1. The van der Waals surface area contributed by atoms with Gasteiger partial charge in [-0.2, -0.15) is 0 Å². The van der Waals surface area contributed by atoms with Crippen LogP contribution in [-0.4, -0.2) is 31.4 Å². The minimum Gasteiger partial charge on any atom is -0.497 e. The number of anilines is 3. The summed E-state index contributed by atoms with van der Waals surface area (Å²) < 4.78 is 5.15. The molecule has 140 valence electrons. The minimum atomic E-state index is -0.432. The lowest BCUT2D eigenvalue weighted by molar-refractivity contribution is -0.122. The Morgan fingerprint density at radius 1 is 1.07 bits per heavy atom. The van der Waals surface area contributed by atoms with E-state index in [0.717, 1.165) is 0 Å². The molecule has 1 atom stereocenters. The van der Waals surface area contributed by atoms with Gasteiger partial charge in [0, 0.05) is 43.0 Å². The maximum atomic E-state index is 12.5. The molecule has 1 heterocycles. The van der Waals surface area contributed by atoms with Crippen molar-refractivity contribution in [3.8, 4) is 5.75 Å². The Morgan fingerprint density at radius 2 is 1.81 bits per heavy atom. The van der Waals surface area contributed by atoms with E-state index in [4.69, 9.17) is 4.74 Å². The van der Waals surface area contributed by atoms with Crippen molar-refractivity contribution >= 4 is 34.8 Å². The molecule has 0 radical (unpaired) electrons. The van der Waals surface area contributed by atoms with Gasteiger partial charge in [0.2, 0.25) is 17.7 Å². The van der Waals surface area contributed by atoms with Gasteiger partial charge < -0.3 is 20.3 Å². The predicted octanol–water partition coefficient (Wildman–Crippen LogP) is 2.65. The van der Waals surface area contributed by atoms with Crippen LogP contribution in [0.1, 0.15) is 13.3 Å². The van der Waals surface area contributed by atoms with Crippen molar-refractivity contribution in [3.63, 3.8) is 0 Å². The maximum absolute atomic E-state index is 12.5. The van der Waals surface area contributed by atoms with E-state index in [1.807, 2.05) is 0 Å². The number of carbonyl (C=O) groups excluding carboxylic acids is 3. The van der Waals surface area contributed by atoms with Crippen LogP contribution in [0.2, 0.25) is 0 Å². The summed E-state index contributed by atoms with van der Waals surface area (Å²) in [5.41, 5.74) is 1.99. The van der Waals surface area contributed by atoms with Crippen LogP contribution in [0.25, 0.3) is 0 Å². The smallest absolute Gasteiger partial charge is 0.229 e. The van der Waals surface area contributed by atoms with Crippen molar-refractivity contribution < 1.29 is 19.1 Å². The molecule has 7 heteroatoms. The first-order chi connectivity index (χ1) is 13.0. The summed E-state index contributed by atoms with van der Waals surface area (Å²) in [6, 6.07) is 14.1. The fourth-order valence-electron chi connectivity index (χ4n) is 3.01. The highest BCUT2D eigenvalue weighted by molar-refractivity contribution is 6.03. The highest BCUT2D eigenvalue weighted by atomic mass is 16.5. The number of carbonyl (C=O) groups is 3. The fraction of sp³-hybridized carbons (Fsp3) is 0.250. The summed E-state index contributed by atoms with van der Waals surface area (Å²) in [4.78, 5) is 37.6. The van der Waals surface area contributed by atoms with Crippen molar-refractivity contribution in [2.45, 2.75) is 13.3 Å². The average Bonchev–Trinajstić information content (AvgIpc) is 3.04. The number of hydrogen-bond acceptors (Lipinski definition) is 4. The number of benzene rings is 2. The van der Waals surface area contributed by atoms with E-state index in [9.17, 15) is 14.4 Å². The quantitative estimate of drug-likeness (QED) is 0.850. The first kappa shape index (κ1) is 18.4. The van der Waals surface area contributed by atoms with Crippen LogP contribution in [0.3, 0.4) is 0 Å². The van der Waals surface area contributed by atoms with Crippen LogP contribution >= 0.6 is 0 Å². The third-order valence-electron chi connectivity index (χ3n) is 4.33. The molecule has 1 aliphatic rings. The highest BCUT2D eigenvalue weighted by Crippen LogP contribution is 2.27. The molecule has 0 bridgehead atoms. The zero-order valence-electron chi connectivity index (χ0n) is 15.2. The fourth-order valence-corrected chi connectivity index (χ4v) is 3.01. The van der Waals surface area contributed by atoms with Crippen molar-refractivity contribution in [1.29, 1.82) is 0 Å². The van der Waals surface area contributed by atoms with E-state index in [1.54, 1.807) is 60.5 Å². The second-order valence-electron chi connectivity index (χ2n) is 6.35. The van der Waals surface area contributed by atoms with Gasteiger partial charge in [-0.3, -0.25) is 14.4 Å². The molecule has 2 N–H and O–H groups in total. The zero-order valence-corrected chi connectivity index (χ0v) is 15.2. The molecule has 2 aromatic rings. The monoisotopic (exact) mass is 367 g/mol. The summed E-state index contributed by atoms with van der Waals surface area (Å²) in [6.45, 7) is 1.75. The van der Waals surface area contributed by atoms with E-state index >= 15 is 0 Å². The molecule has 0 saturated carbocycles. The minimum absolute atomic E-state index is 0.104. The molecule has 3 rings (SSSR count). The first-order valence-corrected chi connectivity index (χ1v) is 8.59. The van der Waals surface area contributed by atoms with Gasteiger partial charge in [-0.15, -0.1) is 0 Å². The Hall–Kier alpha value is -3.35. The second-order valence-corrected chi connectivity index (χ2v) is 6.35. The topological polar surface area (TPSA) is 87.7 Å². The molecule has 2 aromatic carbocycles. The lowest BCUT2D eigenvalue weighted by Gasteiger charge is -2.17. The van der Waals surface area contributed by atoms with E-state index in [0.29, 0.717) is 29.4 Å². The SMILES string of the molecule is COc1cccc(NC(=O)C2CC(=O)N(c3ccc(NC(C)=O)cc3)C2)c1. The largest absolute Gasteiger partial charge is 0.497 e. The van der Waals surface area contributed by atoms with Crippen LogP contribution in [0.4, 0.5) is 17.1 Å². The van der Waals surface area contributed by atoms with Crippen LogP contribution in [0.15, 0.2) is 48.5 Å². The number of nitrogens with one attached hydrogen (secondary N) is 2. The van der Waals surface area contributed by atoms with Gasteiger partial charge in [0.25, 0.3) is 0 Å². The molecule has 3 amide bonds. The summed E-state index contributed by atoms with van der Waals surface area (Å²) in [6.07, 6.45) is 0.156. The molecule has 1 unspecified atom stereocenters. The van der Waals surface area contributed by atoms with E-state index < -0.39 is 5.92 Å². The summed E-state index contributed by atoms with van der Waals surface area (Å²) in [5.74, 6) is -0.244. The van der Waals surface area contributed by atoms with Gasteiger partial charge in [-0.25, -0.2) is 0 Å². The van der Waals surface area contributed by atoms with Gasteiger partial charge in [0.1, 0.15) is 5.75 Å². The summed E-state index contributed by atoms with van der Waals surface area (Å²) in [7, 11) is 1.56. The molecular formula is C20H21N3O4. The lowest BCUT2D eigenvalue weighted by Crippen LogP contribution is -2.28. The van der Waals surface area contributed by atoms with Crippen molar-refractivity contribution in [2.75, 3.05) is 29.2 Å². The van der Waals surface area contributed by atoms with Gasteiger partial charge >= 0.3 is 0 Å². The molecule has 1 aliphatic heterocycles. The molecule has 27 heavy (non-hydrogen) atoms. The maximum Gasteiger partial charge on any atom is 0.229 e. The Labute approximate surface area is 157 Å². The normalized spacial score (nSPS) is 16.1. The predicted molar refractivity (Wildman–Crippen MR) is 103 cm³/mol. The van der Waals surface area contributed by atoms with Gasteiger partial charge in [0.05, 0.1) is 13.0 Å². The summed E-state index contributed by atoms with van der Waals surface area (Å²) >= 11 is 0. The average molecular weight is 367 g/mol. The number of nitrogens with zero attached hydrogens (tertiary/aromatic N) is 1. The standard InChI is InChI=1S/C20H21N3O4/c1-13(24)21-15-6-8-17(9-7-15)23-12-14(10-19(23)25)20(26)22-16-4-3-5-18(11-16)27-2/h3-9,11,14H,10,12H2,1-2H3,(H,21,24)(H,22,26). The zero-order chi connectivity index (χ0) is 19.4. The Kier molecular flexibility index (Phi) is 5.40. The Balaban J connectivity index is 1.65. The third-order valence-corrected chi connectivity index (χ3v) is 4.33. The van der Waals surface area contributed by atoms with E-state index in [1.165, 1.54) is 6.92 Å². The van der Waals surface area contributed by atoms with Crippen LogP contribution in [0.5, 0.6) is 5.75 Å². The van der Waals surface area contributed by atoms with Gasteiger partial charge in [-0.05, 0) is 36.4 Å². The highest BCUT2D eigenvalue weighted by Gasteiger charge is 2.35. The van der Waals surface area contributed by atoms with Crippen LogP contribution in [0, 0.1) is 5.92 Å². The van der Waals surface area contributed by atoms with Gasteiger partial charge in [0.15, 0.2) is 0 Å². The van der Waals surface area contributed by atoms with Gasteiger partial charge in [-0.1, -0.05) is 6.07 Å². The molecule has 7 nitrogen and oxygen atoms in total. The number of hydrogen-bond donors (Lipinski definition) is 2. The Bertz CT molecular complexity index is 864. The van der Waals surface area contributed by atoms with Crippen LogP contribution < -0.4 is 20.3 Å². The molecule has 0 aliphatic carbocycles. The van der Waals surface area contributed by atoms with Crippen molar-refractivity contribution in [2.24, 2.45) is 5.92 Å². The third kappa shape index (κ3) is 4.44. The number of rotatable bonds is 5. The first-order valence-electron chi connectivity index (χ1n) is 8.59. The Morgan fingerprint density at radius 3 is 2.48 bits per heavy atom. The van der Waals surface area contributed by atoms with E-state index in [-0.39, 0.29) is 24.1 Å². The number of amides is 3. The van der Waals surface area contributed by atoms with E-state index in [2.05, 4.69) is 10.6 Å². The molecule has 1 saturated heterocycles.